The summed E-state index contributed by atoms with van der Waals surface area (Å²) >= 11 is 25.9. The summed E-state index contributed by atoms with van der Waals surface area (Å²) in [5.74, 6) is 0. The van der Waals surface area contributed by atoms with Gasteiger partial charge < -0.3 is 0 Å². The van der Waals surface area contributed by atoms with Crippen LogP contribution < -0.4 is 0 Å². The minimum atomic E-state index is -0.797. The molecule has 0 aromatic heterocycles. The predicted molar refractivity (Wildman–Crippen MR) is 106 cm³/mol. The summed E-state index contributed by atoms with van der Waals surface area (Å²) in [6.07, 6.45) is 4.33. The molecule has 1 rings (SSSR count). The van der Waals surface area contributed by atoms with Crippen LogP contribution in [0, 0.1) is 0 Å². The van der Waals surface area contributed by atoms with Crippen LogP contribution in [0.5, 0.6) is 0 Å². The monoisotopic (exact) mass is 474 g/mol. The van der Waals surface area contributed by atoms with E-state index in [9.17, 15) is 24.0 Å². The van der Waals surface area contributed by atoms with Crippen molar-refractivity contribution in [2.45, 2.75) is 38.5 Å². The van der Waals surface area contributed by atoms with Gasteiger partial charge in [0.2, 0.25) is 10.5 Å². The summed E-state index contributed by atoms with van der Waals surface area (Å²) in [6, 6.07) is 3.57. The fraction of sp³-hybridized carbons (Fsp3) is 0.353. The first kappa shape index (κ1) is 26.0. The van der Waals surface area contributed by atoms with Gasteiger partial charge in [-0.15, -0.1) is 0 Å². The molecule has 27 heavy (non-hydrogen) atoms. The fourth-order valence-corrected chi connectivity index (χ4v) is 2.44. The Bertz CT molecular complexity index is 621. The van der Waals surface area contributed by atoms with Crippen molar-refractivity contribution in [3.05, 3.63) is 34.9 Å². The van der Waals surface area contributed by atoms with Crippen molar-refractivity contribution >= 4 is 84.2 Å². The quantitative estimate of drug-likeness (QED) is 0.320. The average molecular weight is 477 g/mol. The second kappa shape index (κ2) is 14.1. The van der Waals surface area contributed by atoms with Crippen LogP contribution in [0.2, 0.25) is 0 Å². The number of unbranched alkanes of at least 4 members (excludes halogenated alkanes) is 3. The third kappa shape index (κ3) is 12.9. The SMILES string of the molecule is O=C(Cl)CCCCCCC(=O)Cl.O=C(Cl)c1cc(C(=O)Cl)cc(C(=O)Cl)c1. The van der Waals surface area contributed by atoms with Gasteiger partial charge in [-0.2, -0.15) is 0 Å². The van der Waals surface area contributed by atoms with Crippen LogP contribution >= 0.6 is 58.0 Å². The molecule has 0 spiro atoms. The summed E-state index contributed by atoms with van der Waals surface area (Å²) in [6.45, 7) is 0. The lowest BCUT2D eigenvalue weighted by Gasteiger charge is -2.00. The largest absolute Gasteiger partial charge is 0.281 e. The molecule has 10 heteroatoms. The Balaban J connectivity index is 0.000000516. The van der Waals surface area contributed by atoms with Gasteiger partial charge in [-0.25, -0.2) is 0 Å². The summed E-state index contributed by atoms with van der Waals surface area (Å²) in [5.41, 5.74) is -0.0218. The van der Waals surface area contributed by atoms with Crippen LogP contribution in [-0.2, 0) is 9.59 Å². The van der Waals surface area contributed by atoms with E-state index in [0.29, 0.717) is 12.8 Å². The standard InChI is InChI=1S/C9H3Cl3O3.C8H12Cl2O2/c10-7(13)4-1-5(8(11)14)3-6(2-4)9(12)15;9-7(11)5-3-1-2-4-6-8(10)12/h1-3H;1-6H2. The highest BCUT2D eigenvalue weighted by Gasteiger charge is 2.13. The van der Waals surface area contributed by atoms with Crippen molar-refractivity contribution in [3.8, 4) is 0 Å². The molecule has 0 saturated heterocycles. The molecule has 0 aliphatic heterocycles. The highest BCUT2D eigenvalue weighted by Crippen LogP contribution is 2.16. The Morgan fingerprint density at radius 3 is 0.963 bits per heavy atom. The fourth-order valence-electron chi connectivity index (χ4n) is 1.85. The minimum absolute atomic E-state index is 0.00725. The molecule has 0 unspecified atom stereocenters. The van der Waals surface area contributed by atoms with Gasteiger partial charge in [-0.05, 0) is 89.0 Å². The molecule has 0 amide bonds. The van der Waals surface area contributed by atoms with E-state index in [0.717, 1.165) is 25.7 Å². The lowest BCUT2D eigenvalue weighted by atomic mass is 10.1. The molecular formula is C17H15Cl5O5. The summed E-state index contributed by atoms with van der Waals surface area (Å²) in [4.78, 5) is 53.1. The first-order valence-corrected chi connectivity index (χ1v) is 9.54. The van der Waals surface area contributed by atoms with Crippen molar-refractivity contribution in [1.29, 1.82) is 0 Å². The molecule has 0 aliphatic rings. The maximum Gasteiger partial charge on any atom is 0.252 e. The van der Waals surface area contributed by atoms with Crippen LogP contribution in [0.3, 0.4) is 0 Å². The highest BCUT2D eigenvalue weighted by atomic mass is 35.5. The molecule has 0 fully saturated rings. The number of benzene rings is 1. The zero-order chi connectivity index (χ0) is 21.0. The lowest BCUT2D eigenvalue weighted by Crippen LogP contribution is -2.00. The molecule has 0 heterocycles. The number of rotatable bonds is 10. The Labute approximate surface area is 181 Å². The van der Waals surface area contributed by atoms with Gasteiger partial charge in [-0.3, -0.25) is 24.0 Å². The normalized spacial score (nSPS) is 9.81. The molecule has 0 radical (unpaired) electrons. The van der Waals surface area contributed by atoms with Crippen molar-refractivity contribution in [2.24, 2.45) is 0 Å². The number of carbonyl (C=O) groups is 5. The van der Waals surface area contributed by atoms with E-state index in [2.05, 4.69) is 0 Å². The highest BCUT2D eigenvalue weighted by molar-refractivity contribution is 6.70. The topological polar surface area (TPSA) is 85.3 Å². The zero-order valence-corrected chi connectivity index (χ0v) is 17.7. The second-order valence-corrected chi connectivity index (χ2v) is 7.12. The van der Waals surface area contributed by atoms with Crippen molar-refractivity contribution in [3.63, 3.8) is 0 Å². The number of halogens is 5. The smallest absolute Gasteiger partial charge is 0.252 e. The van der Waals surface area contributed by atoms with Gasteiger partial charge >= 0.3 is 0 Å². The summed E-state index contributed by atoms with van der Waals surface area (Å²) in [5, 5.41) is -2.97. The number of carbonyl (C=O) groups excluding carboxylic acids is 5. The maximum atomic E-state index is 10.9. The summed E-state index contributed by atoms with van der Waals surface area (Å²) < 4.78 is 0. The molecule has 5 nitrogen and oxygen atoms in total. The van der Waals surface area contributed by atoms with Crippen LogP contribution in [-0.4, -0.2) is 26.2 Å². The Morgan fingerprint density at radius 1 is 0.519 bits per heavy atom. The lowest BCUT2D eigenvalue weighted by molar-refractivity contribution is -0.112. The van der Waals surface area contributed by atoms with E-state index >= 15 is 0 Å². The van der Waals surface area contributed by atoms with Crippen molar-refractivity contribution < 1.29 is 24.0 Å². The van der Waals surface area contributed by atoms with Gasteiger partial charge in [0.05, 0.1) is 0 Å². The van der Waals surface area contributed by atoms with Gasteiger partial charge in [0.25, 0.3) is 15.7 Å². The van der Waals surface area contributed by atoms with E-state index in [1.165, 1.54) is 18.2 Å². The van der Waals surface area contributed by atoms with E-state index in [4.69, 9.17) is 58.0 Å². The first-order chi connectivity index (χ1) is 12.5. The third-order valence-electron chi connectivity index (χ3n) is 3.11. The molecule has 0 N–H and O–H groups in total. The maximum absolute atomic E-state index is 10.9. The molecule has 0 saturated carbocycles. The van der Waals surface area contributed by atoms with Crippen LogP contribution in [0.15, 0.2) is 18.2 Å². The van der Waals surface area contributed by atoms with Crippen molar-refractivity contribution in [1.82, 2.24) is 0 Å². The molecular weight excluding hydrogens is 461 g/mol. The predicted octanol–water partition coefficient (Wildman–Crippen LogP) is 5.68. The molecule has 0 aliphatic carbocycles. The van der Waals surface area contributed by atoms with E-state index in [1.54, 1.807) is 0 Å². The Hall–Kier alpha value is -0.980. The van der Waals surface area contributed by atoms with Gasteiger partial charge in [0.15, 0.2) is 0 Å². The molecule has 1 aromatic carbocycles. The number of hydrogen-bond acceptors (Lipinski definition) is 5. The third-order valence-corrected chi connectivity index (χ3v) is 4.14. The van der Waals surface area contributed by atoms with E-state index in [-0.39, 0.29) is 27.2 Å². The number of hydrogen-bond donors (Lipinski definition) is 0. The van der Waals surface area contributed by atoms with Crippen LogP contribution in [0.4, 0.5) is 0 Å². The molecule has 0 atom stereocenters. The van der Waals surface area contributed by atoms with E-state index in [1.807, 2.05) is 0 Å². The van der Waals surface area contributed by atoms with Gasteiger partial charge in [-0.1, -0.05) is 12.8 Å². The molecule has 0 bridgehead atoms. The Kier molecular flexibility index (Phi) is 13.6. The summed E-state index contributed by atoms with van der Waals surface area (Å²) in [7, 11) is 0. The van der Waals surface area contributed by atoms with Gasteiger partial charge in [0.1, 0.15) is 0 Å². The minimum Gasteiger partial charge on any atom is -0.281 e. The van der Waals surface area contributed by atoms with Crippen molar-refractivity contribution in [2.75, 3.05) is 0 Å². The molecule has 148 valence electrons. The zero-order valence-electron chi connectivity index (χ0n) is 13.9. The van der Waals surface area contributed by atoms with Crippen LogP contribution in [0.25, 0.3) is 0 Å². The average Bonchev–Trinajstić information content (AvgIpc) is 2.57. The first-order valence-electron chi connectivity index (χ1n) is 7.65. The van der Waals surface area contributed by atoms with Crippen LogP contribution in [0.1, 0.15) is 69.6 Å². The van der Waals surface area contributed by atoms with Gasteiger partial charge in [0, 0.05) is 29.5 Å². The van der Waals surface area contributed by atoms with E-state index < -0.39 is 15.7 Å². The second-order valence-electron chi connectivity index (χ2n) is 5.24. The Morgan fingerprint density at radius 2 is 0.778 bits per heavy atom. The molecule has 1 aromatic rings.